The van der Waals surface area contributed by atoms with Crippen LogP contribution >= 0.6 is 24.0 Å². The highest BCUT2D eigenvalue weighted by atomic mass is 32.2. The van der Waals surface area contributed by atoms with E-state index in [2.05, 4.69) is 5.32 Å². The van der Waals surface area contributed by atoms with Crippen molar-refractivity contribution in [1.82, 2.24) is 10.2 Å². The SMILES string of the molecule is CCCCC(NC(=O)CN1C(=O)C(=Cc2ccccc2)SC1=S)C(=O)O. The van der Waals surface area contributed by atoms with Crippen molar-refractivity contribution in [2.45, 2.75) is 32.2 Å². The van der Waals surface area contributed by atoms with E-state index in [0.29, 0.717) is 17.7 Å². The van der Waals surface area contributed by atoms with Gasteiger partial charge >= 0.3 is 5.97 Å². The van der Waals surface area contributed by atoms with Crippen LogP contribution in [0.4, 0.5) is 0 Å². The molecule has 138 valence electrons. The molecular formula is C18H20N2O4S2. The van der Waals surface area contributed by atoms with Gasteiger partial charge in [0.1, 0.15) is 16.9 Å². The number of carboxylic acid groups (broad SMARTS) is 1. The first kappa shape index (κ1) is 20.1. The van der Waals surface area contributed by atoms with Gasteiger partial charge in [0.25, 0.3) is 5.91 Å². The largest absolute Gasteiger partial charge is 0.480 e. The number of amides is 2. The number of carbonyl (C=O) groups is 3. The summed E-state index contributed by atoms with van der Waals surface area (Å²) < 4.78 is 0.285. The number of thiocarbonyl (C=S) groups is 1. The van der Waals surface area contributed by atoms with Crippen LogP contribution in [0.3, 0.4) is 0 Å². The van der Waals surface area contributed by atoms with Crippen LogP contribution in [0, 0.1) is 0 Å². The Balaban J connectivity index is 2.01. The average molecular weight is 393 g/mol. The van der Waals surface area contributed by atoms with Gasteiger partial charge in [-0.25, -0.2) is 4.79 Å². The molecular weight excluding hydrogens is 372 g/mol. The summed E-state index contributed by atoms with van der Waals surface area (Å²) in [7, 11) is 0. The molecule has 0 radical (unpaired) electrons. The second-order valence-electron chi connectivity index (χ2n) is 5.78. The van der Waals surface area contributed by atoms with E-state index in [9.17, 15) is 19.5 Å². The summed E-state index contributed by atoms with van der Waals surface area (Å²) >= 11 is 6.33. The van der Waals surface area contributed by atoms with Gasteiger partial charge in [0.2, 0.25) is 5.91 Å². The molecule has 1 aliphatic rings. The summed E-state index contributed by atoms with van der Waals surface area (Å²) in [5.74, 6) is -1.97. The lowest BCUT2D eigenvalue weighted by atomic mass is 10.1. The number of carboxylic acids is 1. The third-order valence-electron chi connectivity index (χ3n) is 3.75. The van der Waals surface area contributed by atoms with Crippen LogP contribution in [0.5, 0.6) is 0 Å². The minimum absolute atomic E-state index is 0.285. The monoisotopic (exact) mass is 392 g/mol. The minimum atomic E-state index is -1.08. The molecule has 0 aromatic heterocycles. The van der Waals surface area contributed by atoms with Gasteiger partial charge in [-0.1, -0.05) is 74.1 Å². The summed E-state index contributed by atoms with van der Waals surface area (Å²) in [6, 6.07) is 8.38. The molecule has 0 spiro atoms. The second-order valence-corrected chi connectivity index (χ2v) is 7.45. The Morgan fingerprint density at radius 2 is 2.04 bits per heavy atom. The molecule has 2 rings (SSSR count). The van der Waals surface area contributed by atoms with E-state index in [1.165, 1.54) is 4.90 Å². The van der Waals surface area contributed by atoms with Crippen molar-refractivity contribution in [2.24, 2.45) is 0 Å². The van der Waals surface area contributed by atoms with Gasteiger partial charge in [0.05, 0.1) is 4.91 Å². The van der Waals surface area contributed by atoms with E-state index in [1.54, 1.807) is 6.08 Å². The van der Waals surface area contributed by atoms with Gasteiger partial charge in [-0.3, -0.25) is 14.5 Å². The fourth-order valence-electron chi connectivity index (χ4n) is 2.39. The molecule has 1 aromatic rings. The van der Waals surface area contributed by atoms with Gasteiger partial charge in [-0.15, -0.1) is 0 Å². The van der Waals surface area contributed by atoms with Gasteiger partial charge in [0.15, 0.2) is 0 Å². The first-order valence-electron chi connectivity index (χ1n) is 8.25. The second kappa shape index (κ2) is 9.49. The van der Waals surface area contributed by atoms with Crippen molar-refractivity contribution in [3.8, 4) is 0 Å². The molecule has 0 bridgehead atoms. The Hall–Kier alpha value is -2.19. The Kier molecular flexibility index (Phi) is 7.35. The molecule has 1 aliphatic heterocycles. The lowest BCUT2D eigenvalue weighted by molar-refractivity contribution is -0.142. The molecule has 0 saturated carbocycles. The summed E-state index contributed by atoms with van der Waals surface area (Å²) in [6.45, 7) is 1.66. The molecule has 0 aliphatic carbocycles. The smallest absolute Gasteiger partial charge is 0.326 e. The topological polar surface area (TPSA) is 86.7 Å². The number of hydrogen-bond donors (Lipinski definition) is 2. The number of benzene rings is 1. The lowest BCUT2D eigenvalue weighted by Crippen LogP contribution is -2.46. The zero-order valence-corrected chi connectivity index (χ0v) is 15.9. The standard InChI is InChI=1S/C18H20N2O4S2/c1-2-3-9-13(17(23)24)19-15(21)11-20-16(22)14(26-18(20)25)10-12-7-5-4-6-8-12/h4-8,10,13H,2-3,9,11H2,1H3,(H,19,21)(H,23,24). The minimum Gasteiger partial charge on any atom is -0.480 e. The third kappa shape index (κ3) is 5.40. The van der Waals surface area contributed by atoms with Crippen molar-refractivity contribution < 1.29 is 19.5 Å². The van der Waals surface area contributed by atoms with Crippen molar-refractivity contribution in [2.75, 3.05) is 6.54 Å². The van der Waals surface area contributed by atoms with Crippen LogP contribution in [-0.4, -0.2) is 44.7 Å². The molecule has 2 N–H and O–H groups in total. The number of carbonyl (C=O) groups excluding carboxylic acids is 2. The van der Waals surface area contributed by atoms with Gasteiger partial charge in [-0.05, 0) is 18.1 Å². The molecule has 1 aromatic carbocycles. The summed E-state index contributed by atoms with van der Waals surface area (Å²) in [5.41, 5.74) is 0.864. The summed E-state index contributed by atoms with van der Waals surface area (Å²) in [4.78, 5) is 37.5. The van der Waals surface area contributed by atoms with Crippen LogP contribution in [0.15, 0.2) is 35.2 Å². The Bertz CT molecular complexity index is 734. The van der Waals surface area contributed by atoms with Crippen molar-refractivity contribution in [3.05, 3.63) is 40.8 Å². The molecule has 6 nitrogen and oxygen atoms in total. The normalized spacial score (nSPS) is 16.8. The van der Waals surface area contributed by atoms with E-state index >= 15 is 0 Å². The van der Waals surface area contributed by atoms with Crippen LogP contribution in [0.1, 0.15) is 31.7 Å². The fourth-order valence-corrected chi connectivity index (χ4v) is 3.64. The number of aliphatic carboxylic acids is 1. The zero-order chi connectivity index (χ0) is 19.1. The maximum atomic E-state index is 12.5. The van der Waals surface area contributed by atoms with Crippen LogP contribution in [0.2, 0.25) is 0 Å². The molecule has 1 unspecified atom stereocenters. The van der Waals surface area contributed by atoms with Crippen molar-refractivity contribution in [1.29, 1.82) is 0 Å². The molecule has 26 heavy (non-hydrogen) atoms. The Morgan fingerprint density at radius 3 is 2.65 bits per heavy atom. The number of unbranched alkanes of at least 4 members (excludes halogenated alkanes) is 1. The lowest BCUT2D eigenvalue weighted by Gasteiger charge is -2.17. The maximum absolute atomic E-state index is 12.5. The average Bonchev–Trinajstić information content (AvgIpc) is 2.86. The highest BCUT2D eigenvalue weighted by Crippen LogP contribution is 2.32. The van der Waals surface area contributed by atoms with Gasteiger partial charge in [-0.2, -0.15) is 0 Å². The first-order chi connectivity index (χ1) is 12.4. The number of hydrogen-bond acceptors (Lipinski definition) is 5. The first-order valence-corrected chi connectivity index (χ1v) is 9.47. The predicted molar refractivity (Wildman–Crippen MR) is 105 cm³/mol. The molecule has 1 heterocycles. The van der Waals surface area contributed by atoms with E-state index in [1.807, 2.05) is 37.3 Å². The van der Waals surface area contributed by atoms with Crippen molar-refractivity contribution in [3.63, 3.8) is 0 Å². The summed E-state index contributed by atoms with van der Waals surface area (Å²) in [6.07, 6.45) is 3.60. The van der Waals surface area contributed by atoms with Crippen LogP contribution < -0.4 is 5.32 Å². The number of rotatable bonds is 8. The Labute approximate surface area is 161 Å². The highest BCUT2D eigenvalue weighted by molar-refractivity contribution is 8.26. The quantitative estimate of drug-likeness (QED) is 0.522. The molecule has 1 fully saturated rings. The maximum Gasteiger partial charge on any atom is 0.326 e. The molecule has 1 saturated heterocycles. The van der Waals surface area contributed by atoms with Gasteiger partial charge in [0, 0.05) is 0 Å². The fraction of sp³-hybridized carbons (Fsp3) is 0.333. The van der Waals surface area contributed by atoms with Crippen molar-refractivity contribution >= 4 is 52.2 Å². The van der Waals surface area contributed by atoms with E-state index in [-0.39, 0.29) is 16.8 Å². The third-order valence-corrected chi connectivity index (χ3v) is 5.13. The molecule has 2 amide bonds. The number of nitrogens with zero attached hydrogens (tertiary/aromatic N) is 1. The number of nitrogens with one attached hydrogen (secondary N) is 1. The Morgan fingerprint density at radius 1 is 1.35 bits per heavy atom. The highest BCUT2D eigenvalue weighted by Gasteiger charge is 2.34. The van der Waals surface area contributed by atoms with Gasteiger partial charge < -0.3 is 10.4 Å². The molecule has 1 atom stereocenters. The zero-order valence-electron chi connectivity index (χ0n) is 14.3. The van der Waals surface area contributed by atoms with E-state index in [4.69, 9.17) is 12.2 Å². The molecule has 8 heteroatoms. The predicted octanol–water partition coefficient (Wildman–Crippen LogP) is 2.65. The summed E-state index contributed by atoms with van der Waals surface area (Å²) in [5, 5.41) is 11.6. The van der Waals surface area contributed by atoms with Crippen LogP contribution in [0.25, 0.3) is 6.08 Å². The van der Waals surface area contributed by atoms with E-state index < -0.39 is 17.9 Å². The number of thioether (sulfide) groups is 1. The van der Waals surface area contributed by atoms with Crippen LogP contribution in [-0.2, 0) is 14.4 Å². The van der Waals surface area contributed by atoms with E-state index in [0.717, 1.165) is 23.7 Å².